The lowest BCUT2D eigenvalue weighted by molar-refractivity contribution is -0.155. The van der Waals surface area contributed by atoms with Crippen LogP contribution in [-0.2, 0) is 38.7 Å². The second kappa shape index (κ2) is 14.1. The molecule has 1 aromatic carbocycles. The molecule has 0 radical (unpaired) electrons. The zero-order chi connectivity index (χ0) is 38.5. The van der Waals surface area contributed by atoms with Crippen LogP contribution in [-0.4, -0.2) is 84.0 Å². The van der Waals surface area contributed by atoms with E-state index >= 15 is 0 Å². The maximum Gasteiger partial charge on any atom is 0.355 e. The van der Waals surface area contributed by atoms with Gasteiger partial charge in [-0.3, -0.25) is 23.9 Å². The Labute approximate surface area is 310 Å². The molecule has 4 aliphatic rings. The third kappa shape index (κ3) is 8.22. The van der Waals surface area contributed by atoms with Crippen molar-refractivity contribution < 1.29 is 41.9 Å². The number of nitrogens with zero attached hydrogens (tertiary/aromatic N) is 1. The Balaban J connectivity index is 1.32. The van der Waals surface area contributed by atoms with Gasteiger partial charge in [-0.05, 0) is 60.6 Å². The largest absolute Gasteiger partial charge is 0.465 e. The van der Waals surface area contributed by atoms with Gasteiger partial charge in [-0.25, -0.2) is 13.2 Å². The van der Waals surface area contributed by atoms with E-state index in [0.29, 0.717) is 12.8 Å². The van der Waals surface area contributed by atoms with Gasteiger partial charge in [-0.15, -0.1) is 6.58 Å². The van der Waals surface area contributed by atoms with Crippen LogP contribution in [0.1, 0.15) is 95.6 Å². The average Bonchev–Trinajstić information content (AvgIpc) is 3.97. The molecule has 4 bridgehead atoms. The summed E-state index contributed by atoms with van der Waals surface area (Å²) in [6, 6.07) is 6.20. The van der Waals surface area contributed by atoms with Gasteiger partial charge in [0.15, 0.2) is 0 Å². The molecule has 3 heterocycles. The van der Waals surface area contributed by atoms with Crippen molar-refractivity contribution in [3.05, 3.63) is 54.3 Å². The summed E-state index contributed by atoms with van der Waals surface area (Å²) in [4.78, 5) is 73.6. The van der Waals surface area contributed by atoms with E-state index in [1.807, 2.05) is 65.0 Å². The lowest BCUT2D eigenvalue weighted by atomic mass is 9.77. The second-order valence-electron chi connectivity index (χ2n) is 16.8. The molecule has 13 nitrogen and oxygen atoms in total. The van der Waals surface area contributed by atoms with Crippen molar-refractivity contribution in [2.45, 2.75) is 102 Å². The van der Waals surface area contributed by atoms with Gasteiger partial charge in [0.25, 0.3) is 5.91 Å². The highest BCUT2D eigenvalue weighted by atomic mass is 32.2. The number of cyclic esters (lactones) is 1. The van der Waals surface area contributed by atoms with Crippen molar-refractivity contribution in [2.75, 3.05) is 13.2 Å². The van der Waals surface area contributed by atoms with Gasteiger partial charge in [-0.2, -0.15) is 0 Å². The second-order valence-corrected chi connectivity index (χ2v) is 18.8. The summed E-state index contributed by atoms with van der Waals surface area (Å²) in [5, 5.41) is 2.92. The average molecular weight is 751 g/mol. The highest BCUT2D eigenvalue weighted by molar-refractivity contribution is 7.91. The summed E-state index contributed by atoms with van der Waals surface area (Å²) >= 11 is 0. The lowest BCUT2D eigenvalue weighted by Crippen LogP contribution is -2.57. The van der Waals surface area contributed by atoms with Crippen LogP contribution < -0.4 is 10.0 Å². The van der Waals surface area contributed by atoms with Crippen molar-refractivity contribution in [3.63, 3.8) is 0 Å². The predicted molar refractivity (Wildman–Crippen MR) is 197 cm³/mol. The van der Waals surface area contributed by atoms with Crippen molar-refractivity contribution in [2.24, 2.45) is 22.7 Å². The van der Waals surface area contributed by atoms with Crippen molar-refractivity contribution in [1.29, 1.82) is 0 Å². The van der Waals surface area contributed by atoms with Crippen LogP contribution in [0.4, 0.5) is 0 Å². The van der Waals surface area contributed by atoms with Crippen molar-refractivity contribution in [3.8, 4) is 0 Å². The molecule has 0 unspecified atom stereocenters. The smallest absolute Gasteiger partial charge is 0.355 e. The fraction of sp³-hybridized carbons (Fsp3) is 0.564. The summed E-state index contributed by atoms with van der Waals surface area (Å²) in [7, 11) is -3.91. The minimum absolute atomic E-state index is 0.0934. The normalized spacial score (nSPS) is 28.8. The molecule has 3 amide bonds. The van der Waals surface area contributed by atoms with Crippen LogP contribution in [0.5, 0.6) is 0 Å². The number of aromatic amines is 1. The summed E-state index contributed by atoms with van der Waals surface area (Å²) < 4.78 is 39.2. The van der Waals surface area contributed by atoms with Gasteiger partial charge in [0, 0.05) is 23.2 Å². The quantitative estimate of drug-likeness (QED) is 0.285. The fourth-order valence-corrected chi connectivity index (χ4v) is 8.63. The number of hydrogen-bond donors (Lipinski definition) is 3. The Morgan fingerprint density at radius 2 is 1.87 bits per heavy atom. The number of allylic oxidation sites excluding steroid dienone is 1. The van der Waals surface area contributed by atoms with Gasteiger partial charge in [0.05, 0.1) is 30.7 Å². The molecule has 53 heavy (non-hydrogen) atoms. The SMILES string of the molecule is C=C[C@@H]1C[C@]1(NC(=O)[C@@H]1C[C@@H]2CN1C(=O)[C@H](C(C)(C)C)CC(=O)OCC(C)(C)CC/C=C/c1cccc3[nH]c(cc13)C(=O)O2)C(=O)NS(=O)(=O)C1CC1. The van der Waals surface area contributed by atoms with E-state index in [4.69, 9.17) is 9.47 Å². The highest BCUT2D eigenvalue weighted by Crippen LogP contribution is 2.46. The van der Waals surface area contributed by atoms with Crippen LogP contribution in [0.2, 0.25) is 0 Å². The number of sulfonamides is 1. The first-order valence-corrected chi connectivity index (χ1v) is 19.8. The molecule has 1 aromatic heterocycles. The molecule has 2 saturated carbocycles. The van der Waals surface area contributed by atoms with Gasteiger partial charge >= 0.3 is 11.9 Å². The number of carbonyl (C=O) groups excluding carboxylic acids is 5. The predicted octanol–water partition coefficient (Wildman–Crippen LogP) is 4.39. The van der Waals surface area contributed by atoms with E-state index < -0.39 is 79.9 Å². The summed E-state index contributed by atoms with van der Waals surface area (Å²) in [5.74, 6) is -4.75. The number of carbonyl (C=O) groups is 5. The Morgan fingerprint density at radius 3 is 2.53 bits per heavy atom. The van der Waals surface area contributed by atoms with Crippen LogP contribution >= 0.6 is 0 Å². The summed E-state index contributed by atoms with van der Waals surface area (Å²) in [6.07, 6.45) is 6.74. The molecule has 286 valence electrons. The van der Waals surface area contributed by atoms with E-state index in [0.717, 1.165) is 29.3 Å². The number of hydrogen-bond acceptors (Lipinski definition) is 9. The number of fused-ring (bicyclic) bond motifs is 3. The van der Waals surface area contributed by atoms with Crippen LogP contribution in [0.15, 0.2) is 43.0 Å². The number of H-pyrrole nitrogens is 1. The van der Waals surface area contributed by atoms with E-state index in [-0.39, 0.29) is 43.5 Å². The Bertz CT molecular complexity index is 1970. The minimum atomic E-state index is -3.91. The molecule has 5 atom stereocenters. The van der Waals surface area contributed by atoms with Gasteiger partial charge in [-0.1, -0.05) is 65.0 Å². The third-order valence-corrected chi connectivity index (χ3v) is 12.7. The topological polar surface area (TPSA) is 181 Å². The highest BCUT2D eigenvalue weighted by Gasteiger charge is 2.62. The zero-order valence-corrected chi connectivity index (χ0v) is 31.8. The first kappa shape index (κ1) is 38.3. The third-order valence-electron chi connectivity index (χ3n) is 10.9. The molecular weight excluding hydrogens is 701 g/mol. The lowest BCUT2D eigenvalue weighted by Gasteiger charge is -2.35. The monoisotopic (exact) mass is 750 g/mol. The fourth-order valence-electron chi connectivity index (χ4n) is 7.26. The van der Waals surface area contributed by atoms with Crippen LogP contribution in [0, 0.1) is 22.7 Å². The first-order chi connectivity index (χ1) is 24.8. The molecule has 1 saturated heterocycles. The van der Waals surface area contributed by atoms with Crippen molar-refractivity contribution >= 4 is 56.7 Å². The number of amides is 3. The number of esters is 2. The summed E-state index contributed by atoms with van der Waals surface area (Å²) in [5.41, 5.74) is -0.828. The molecule has 6 rings (SSSR count). The van der Waals surface area contributed by atoms with Crippen LogP contribution in [0.3, 0.4) is 0 Å². The molecule has 14 heteroatoms. The van der Waals surface area contributed by atoms with Gasteiger partial charge < -0.3 is 24.7 Å². The number of nitrogens with one attached hydrogen (secondary N) is 3. The number of aromatic nitrogens is 1. The molecule has 3 fully saturated rings. The molecule has 2 aliphatic carbocycles. The molecule has 3 N–H and O–H groups in total. The molecule has 2 aliphatic heterocycles. The Kier molecular flexibility index (Phi) is 10.2. The number of ether oxygens (including phenoxy) is 2. The summed E-state index contributed by atoms with van der Waals surface area (Å²) in [6.45, 7) is 13.2. The maximum absolute atomic E-state index is 14.5. The van der Waals surface area contributed by atoms with E-state index in [1.165, 1.54) is 11.0 Å². The number of benzene rings is 1. The Morgan fingerprint density at radius 1 is 1.13 bits per heavy atom. The zero-order valence-electron chi connectivity index (χ0n) is 31.0. The standard InChI is InChI=1S/C39H50N4O9S/c1-7-24-20-39(24,36(48)42-53(49,50)26-14-15-26)41-33(45)31-17-25-21-43(31)34(46)28(37(2,3)4)19-32(44)51-22-38(5,6)16-9-8-11-23-12-10-13-29-27(23)18-30(40-29)35(47)52-25/h7-8,10-13,18,24-26,28,31,40H,1,9,14-17,19-22H2,2-6H3,(H,41,45)(H,42,48)/b11-8+/t24-,25-,28-,31+,39-/m1/s1. The van der Waals surface area contributed by atoms with E-state index in [1.54, 1.807) is 6.07 Å². The van der Waals surface area contributed by atoms with Gasteiger partial charge in [0.1, 0.15) is 23.4 Å². The van der Waals surface area contributed by atoms with Gasteiger partial charge in [0.2, 0.25) is 21.8 Å². The van der Waals surface area contributed by atoms with E-state index in [9.17, 15) is 32.4 Å². The first-order valence-electron chi connectivity index (χ1n) is 18.3. The Hall–Kier alpha value is -4.46. The molecular formula is C39H50N4O9S. The molecule has 2 aromatic rings. The minimum Gasteiger partial charge on any atom is -0.465 e. The van der Waals surface area contributed by atoms with Crippen molar-refractivity contribution in [1.82, 2.24) is 19.9 Å². The van der Waals surface area contributed by atoms with E-state index in [2.05, 4.69) is 21.6 Å². The van der Waals surface area contributed by atoms with Crippen LogP contribution in [0.25, 0.3) is 17.0 Å². The molecule has 0 spiro atoms. The number of rotatable bonds is 6. The maximum atomic E-state index is 14.5.